The summed E-state index contributed by atoms with van der Waals surface area (Å²) in [6.45, 7) is 3.69. The lowest BCUT2D eigenvalue weighted by Gasteiger charge is -2.25. The summed E-state index contributed by atoms with van der Waals surface area (Å²) in [5, 5.41) is 3.73. The molecule has 3 aliphatic rings. The predicted molar refractivity (Wildman–Crippen MR) is 79.9 cm³/mol. The Morgan fingerprint density at radius 3 is 2.76 bits per heavy atom. The van der Waals surface area contributed by atoms with Crippen LogP contribution in [0.15, 0.2) is 18.2 Å². The smallest absolute Gasteiger partial charge is 0.161 e. The average molecular weight is 289 g/mol. The summed E-state index contributed by atoms with van der Waals surface area (Å²) in [4.78, 5) is 0. The molecule has 0 spiro atoms. The highest BCUT2D eigenvalue weighted by molar-refractivity contribution is 5.44. The van der Waals surface area contributed by atoms with Gasteiger partial charge >= 0.3 is 0 Å². The highest BCUT2D eigenvalue weighted by Crippen LogP contribution is 2.36. The molecule has 4 unspecified atom stereocenters. The topological polar surface area (TPSA) is 39.7 Å². The monoisotopic (exact) mass is 289 g/mol. The Kier molecular flexibility index (Phi) is 3.51. The van der Waals surface area contributed by atoms with Crippen LogP contribution in [0.1, 0.15) is 44.2 Å². The minimum Gasteiger partial charge on any atom is -0.490 e. The van der Waals surface area contributed by atoms with Crippen molar-refractivity contribution in [3.05, 3.63) is 23.8 Å². The van der Waals surface area contributed by atoms with Gasteiger partial charge in [-0.3, -0.25) is 0 Å². The van der Waals surface area contributed by atoms with Crippen molar-refractivity contribution >= 4 is 0 Å². The van der Waals surface area contributed by atoms with Crippen molar-refractivity contribution in [2.45, 2.75) is 56.9 Å². The number of hydrogen-bond donors (Lipinski definition) is 1. The molecule has 0 amide bonds. The molecule has 4 rings (SSSR count). The van der Waals surface area contributed by atoms with Crippen molar-refractivity contribution in [1.82, 2.24) is 5.32 Å². The molecule has 2 fully saturated rings. The SMILES string of the molecule is CC(NC1CC2CCC1O2)c1ccc2c(c1)OCCCO2. The van der Waals surface area contributed by atoms with Crippen molar-refractivity contribution in [3.8, 4) is 11.5 Å². The fourth-order valence-corrected chi connectivity index (χ4v) is 3.68. The number of benzene rings is 1. The molecule has 0 saturated carbocycles. The maximum atomic E-state index is 5.92. The molecule has 0 aliphatic carbocycles. The van der Waals surface area contributed by atoms with E-state index in [4.69, 9.17) is 14.2 Å². The van der Waals surface area contributed by atoms with Crippen LogP contribution in [0.3, 0.4) is 0 Å². The van der Waals surface area contributed by atoms with Crippen molar-refractivity contribution in [3.63, 3.8) is 0 Å². The molecule has 4 nitrogen and oxygen atoms in total. The third-order valence-corrected chi connectivity index (χ3v) is 4.84. The van der Waals surface area contributed by atoms with Gasteiger partial charge in [-0.2, -0.15) is 0 Å². The summed E-state index contributed by atoms with van der Waals surface area (Å²) in [5.41, 5.74) is 1.25. The van der Waals surface area contributed by atoms with Crippen LogP contribution in [0, 0.1) is 0 Å². The zero-order valence-corrected chi connectivity index (χ0v) is 12.5. The minimum atomic E-state index is 0.301. The standard InChI is InChI=1S/C17H23NO3/c1-11(18-14-10-13-4-6-15(14)21-13)12-3-5-16-17(9-12)20-8-2-7-19-16/h3,5,9,11,13-15,18H,2,4,6-8,10H2,1H3. The van der Waals surface area contributed by atoms with Gasteiger partial charge in [0.2, 0.25) is 0 Å². The van der Waals surface area contributed by atoms with Gasteiger partial charge in [-0.25, -0.2) is 0 Å². The Bertz CT molecular complexity index is 519. The molecule has 114 valence electrons. The average Bonchev–Trinajstić information content (AvgIpc) is 3.02. The van der Waals surface area contributed by atoms with Crippen LogP contribution in [0.25, 0.3) is 0 Å². The van der Waals surface area contributed by atoms with Crippen LogP contribution in [-0.2, 0) is 4.74 Å². The van der Waals surface area contributed by atoms with E-state index in [2.05, 4.69) is 24.4 Å². The van der Waals surface area contributed by atoms with Gasteiger partial charge in [0, 0.05) is 18.5 Å². The number of fused-ring (bicyclic) bond motifs is 3. The highest BCUT2D eigenvalue weighted by Gasteiger charge is 2.41. The highest BCUT2D eigenvalue weighted by atomic mass is 16.5. The number of rotatable bonds is 3. The van der Waals surface area contributed by atoms with E-state index in [1.54, 1.807) is 0 Å². The molecule has 0 aromatic heterocycles. The summed E-state index contributed by atoms with van der Waals surface area (Å²) in [5.74, 6) is 1.74. The Morgan fingerprint density at radius 1 is 1.14 bits per heavy atom. The predicted octanol–water partition coefficient (Wildman–Crippen LogP) is 2.82. The Labute approximate surface area is 125 Å². The molecule has 4 heteroatoms. The van der Waals surface area contributed by atoms with Crippen molar-refractivity contribution in [2.75, 3.05) is 13.2 Å². The molecular formula is C17H23NO3. The van der Waals surface area contributed by atoms with Crippen molar-refractivity contribution < 1.29 is 14.2 Å². The molecule has 2 saturated heterocycles. The second kappa shape index (κ2) is 5.50. The van der Waals surface area contributed by atoms with Gasteiger partial charge in [0.15, 0.2) is 11.5 Å². The number of ether oxygens (including phenoxy) is 3. The first-order valence-electron chi connectivity index (χ1n) is 8.10. The summed E-state index contributed by atoms with van der Waals surface area (Å²) in [7, 11) is 0. The van der Waals surface area contributed by atoms with Crippen LogP contribution in [0.4, 0.5) is 0 Å². The van der Waals surface area contributed by atoms with Gasteiger partial charge in [0.25, 0.3) is 0 Å². The quantitative estimate of drug-likeness (QED) is 0.929. The maximum Gasteiger partial charge on any atom is 0.161 e. The molecule has 1 aromatic rings. The molecule has 2 bridgehead atoms. The van der Waals surface area contributed by atoms with Gasteiger partial charge in [0.05, 0.1) is 25.4 Å². The summed E-state index contributed by atoms with van der Waals surface area (Å²) in [6, 6.07) is 7.08. The maximum absolute atomic E-state index is 5.92. The zero-order chi connectivity index (χ0) is 14.2. The Morgan fingerprint density at radius 2 is 2.00 bits per heavy atom. The summed E-state index contributed by atoms with van der Waals surface area (Å²) >= 11 is 0. The molecule has 3 aliphatic heterocycles. The van der Waals surface area contributed by atoms with Gasteiger partial charge in [-0.1, -0.05) is 6.07 Å². The minimum absolute atomic E-state index is 0.301. The van der Waals surface area contributed by atoms with E-state index in [1.807, 2.05) is 6.07 Å². The molecular weight excluding hydrogens is 266 g/mol. The van der Waals surface area contributed by atoms with E-state index >= 15 is 0 Å². The van der Waals surface area contributed by atoms with Crippen molar-refractivity contribution in [2.24, 2.45) is 0 Å². The van der Waals surface area contributed by atoms with Crippen LogP contribution >= 0.6 is 0 Å². The molecule has 3 heterocycles. The molecule has 21 heavy (non-hydrogen) atoms. The van der Waals surface area contributed by atoms with E-state index in [0.29, 0.717) is 24.3 Å². The lowest BCUT2D eigenvalue weighted by Crippen LogP contribution is -2.38. The second-order valence-electron chi connectivity index (χ2n) is 6.36. The lowest BCUT2D eigenvalue weighted by atomic mass is 9.94. The molecule has 1 aromatic carbocycles. The van der Waals surface area contributed by atoms with E-state index in [0.717, 1.165) is 37.6 Å². The first-order valence-corrected chi connectivity index (χ1v) is 8.10. The third kappa shape index (κ3) is 2.62. The summed E-state index contributed by atoms with van der Waals surface area (Å²) in [6.07, 6.45) is 5.44. The largest absolute Gasteiger partial charge is 0.490 e. The van der Waals surface area contributed by atoms with Crippen LogP contribution in [-0.4, -0.2) is 31.5 Å². The first-order chi connectivity index (χ1) is 10.3. The van der Waals surface area contributed by atoms with Crippen LogP contribution in [0.2, 0.25) is 0 Å². The van der Waals surface area contributed by atoms with Gasteiger partial charge in [-0.15, -0.1) is 0 Å². The van der Waals surface area contributed by atoms with Gasteiger partial charge in [0.1, 0.15) is 0 Å². The fourth-order valence-electron chi connectivity index (χ4n) is 3.68. The van der Waals surface area contributed by atoms with Gasteiger partial charge in [-0.05, 0) is 43.9 Å². The third-order valence-electron chi connectivity index (χ3n) is 4.84. The van der Waals surface area contributed by atoms with Crippen LogP contribution in [0.5, 0.6) is 11.5 Å². The van der Waals surface area contributed by atoms with Crippen molar-refractivity contribution in [1.29, 1.82) is 0 Å². The van der Waals surface area contributed by atoms with E-state index < -0.39 is 0 Å². The number of hydrogen-bond acceptors (Lipinski definition) is 4. The van der Waals surface area contributed by atoms with Gasteiger partial charge < -0.3 is 19.5 Å². The Balaban J connectivity index is 1.46. The van der Waals surface area contributed by atoms with E-state index in [-0.39, 0.29) is 0 Å². The second-order valence-corrected chi connectivity index (χ2v) is 6.36. The Hall–Kier alpha value is -1.26. The lowest BCUT2D eigenvalue weighted by molar-refractivity contribution is 0.0962. The van der Waals surface area contributed by atoms with E-state index in [1.165, 1.54) is 18.4 Å². The molecule has 4 atom stereocenters. The fraction of sp³-hybridized carbons (Fsp3) is 0.647. The first kappa shape index (κ1) is 13.4. The molecule has 1 N–H and O–H groups in total. The van der Waals surface area contributed by atoms with Crippen LogP contribution < -0.4 is 14.8 Å². The van der Waals surface area contributed by atoms with E-state index in [9.17, 15) is 0 Å². The zero-order valence-electron chi connectivity index (χ0n) is 12.5. The summed E-state index contributed by atoms with van der Waals surface area (Å²) < 4.78 is 17.4. The molecule has 0 radical (unpaired) electrons. The number of nitrogens with one attached hydrogen (secondary N) is 1. The normalized spacial score (nSPS) is 32.0.